The minimum absolute atomic E-state index is 0.182. The molecule has 164 valence electrons. The van der Waals surface area contributed by atoms with Gasteiger partial charge in [-0.15, -0.1) is 11.3 Å². The number of anilines is 2. The summed E-state index contributed by atoms with van der Waals surface area (Å²) >= 11 is 1.38. The van der Waals surface area contributed by atoms with Crippen LogP contribution in [0.25, 0.3) is 10.1 Å². The van der Waals surface area contributed by atoms with E-state index < -0.39 is 10.0 Å². The minimum atomic E-state index is -3.49. The van der Waals surface area contributed by atoms with E-state index in [1.165, 1.54) is 21.9 Å². The number of hydrogen-bond donors (Lipinski definition) is 1. The molecule has 1 N–H and O–H groups in total. The van der Waals surface area contributed by atoms with E-state index in [0.29, 0.717) is 10.6 Å². The summed E-state index contributed by atoms with van der Waals surface area (Å²) in [6.07, 6.45) is 1.21. The molecule has 0 bridgehead atoms. The molecule has 3 aromatic carbocycles. The SMILES string of the molecule is Cc1ccc(CN(c2ccc3sc(C(=O)Nc4cccc(C)c4)cc3c2)S(C)(=O)=O)cc1. The fraction of sp³-hybridized carbons (Fsp3) is 0.160. The van der Waals surface area contributed by atoms with Crippen molar-refractivity contribution in [3.8, 4) is 0 Å². The number of amides is 1. The number of thiophene rings is 1. The number of hydrogen-bond acceptors (Lipinski definition) is 4. The fourth-order valence-electron chi connectivity index (χ4n) is 3.47. The van der Waals surface area contributed by atoms with Gasteiger partial charge >= 0.3 is 0 Å². The Bertz CT molecular complexity index is 1390. The fourth-order valence-corrected chi connectivity index (χ4v) is 5.29. The van der Waals surface area contributed by atoms with Crippen molar-refractivity contribution in [3.05, 3.63) is 94.4 Å². The normalized spacial score (nSPS) is 11.5. The average Bonchev–Trinajstić information content (AvgIpc) is 3.16. The second-order valence-electron chi connectivity index (χ2n) is 7.91. The first-order valence-electron chi connectivity index (χ1n) is 10.1. The summed E-state index contributed by atoms with van der Waals surface area (Å²) in [5.41, 5.74) is 4.41. The molecule has 1 amide bonds. The van der Waals surface area contributed by atoms with Gasteiger partial charge in [0, 0.05) is 10.4 Å². The van der Waals surface area contributed by atoms with Crippen molar-refractivity contribution in [1.29, 1.82) is 0 Å². The largest absolute Gasteiger partial charge is 0.321 e. The molecule has 0 spiro atoms. The maximum absolute atomic E-state index is 12.7. The number of sulfonamides is 1. The molecule has 1 heterocycles. The van der Waals surface area contributed by atoms with Crippen molar-refractivity contribution in [2.45, 2.75) is 20.4 Å². The lowest BCUT2D eigenvalue weighted by molar-refractivity contribution is 0.103. The van der Waals surface area contributed by atoms with Crippen LogP contribution in [0.2, 0.25) is 0 Å². The van der Waals surface area contributed by atoms with E-state index in [9.17, 15) is 13.2 Å². The van der Waals surface area contributed by atoms with Gasteiger partial charge in [0.2, 0.25) is 10.0 Å². The summed E-state index contributed by atoms with van der Waals surface area (Å²) in [4.78, 5) is 13.3. The molecule has 0 saturated heterocycles. The van der Waals surface area contributed by atoms with Crippen LogP contribution >= 0.6 is 11.3 Å². The molecule has 0 fully saturated rings. The molecule has 0 atom stereocenters. The molecule has 0 aliphatic carbocycles. The third-order valence-electron chi connectivity index (χ3n) is 5.13. The highest BCUT2D eigenvalue weighted by atomic mass is 32.2. The molecule has 1 aromatic heterocycles. The average molecular weight is 465 g/mol. The van der Waals surface area contributed by atoms with Gasteiger partial charge in [0.15, 0.2) is 0 Å². The molecule has 0 unspecified atom stereocenters. The molecule has 0 aliphatic heterocycles. The van der Waals surface area contributed by atoms with Crippen LogP contribution in [0.5, 0.6) is 0 Å². The molecule has 0 radical (unpaired) electrons. The lowest BCUT2D eigenvalue weighted by Gasteiger charge is -2.22. The van der Waals surface area contributed by atoms with E-state index in [1.807, 2.05) is 74.5 Å². The summed E-state index contributed by atoms with van der Waals surface area (Å²) in [5, 5.41) is 3.76. The van der Waals surface area contributed by atoms with Crippen molar-refractivity contribution in [2.24, 2.45) is 0 Å². The first-order chi connectivity index (χ1) is 15.2. The second-order valence-corrected chi connectivity index (χ2v) is 10.9. The second kappa shape index (κ2) is 8.76. The van der Waals surface area contributed by atoms with Crippen molar-refractivity contribution < 1.29 is 13.2 Å². The van der Waals surface area contributed by atoms with Gasteiger partial charge < -0.3 is 5.32 Å². The van der Waals surface area contributed by atoms with Gasteiger partial charge in [0.05, 0.1) is 23.4 Å². The van der Waals surface area contributed by atoms with Crippen molar-refractivity contribution >= 4 is 48.7 Å². The predicted octanol–water partition coefficient (Wildman–Crippen LogP) is 5.74. The number of benzene rings is 3. The Labute approximate surface area is 192 Å². The quantitative estimate of drug-likeness (QED) is 0.396. The topological polar surface area (TPSA) is 66.5 Å². The highest BCUT2D eigenvalue weighted by Crippen LogP contribution is 2.31. The summed E-state index contributed by atoms with van der Waals surface area (Å²) in [6.45, 7) is 4.21. The number of aryl methyl sites for hydroxylation is 2. The van der Waals surface area contributed by atoms with E-state index in [1.54, 1.807) is 12.1 Å². The molecule has 32 heavy (non-hydrogen) atoms. The highest BCUT2D eigenvalue weighted by molar-refractivity contribution is 7.92. The van der Waals surface area contributed by atoms with Gasteiger partial charge in [-0.3, -0.25) is 9.10 Å². The zero-order chi connectivity index (χ0) is 22.9. The Kier molecular flexibility index (Phi) is 6.04. The summed E-state index contributed by atoms with van der Waals surface area (Å²) in [5.74, 6) is -0.182. The van der Waals surface area contributed by atoms with Crippen LogP contribution in [0.15, 0.2) is 72.8 Å². The van der Waals surface area contributed by atoms with Gasteiger partial charge in [0.1, 0.15) is 0 Å². The van der Waals surface area contributed by atoms with E-state index in [2.05, 4.69) is 5.32 Å². The lowest BCUT2D eigenvalue weighted by atomic mass is 10.1. The number of rotatable bonds is 6. The van der Waals surface area contributed by atoms with Crippen LogP contribution in [0.1, 0.15) is 26.4 Å². The van der Waals surface area contributed by atoms with Crippen molar-refractivity contribution in [1.82, 2.24) is 0 Å². The monoisotopic (exact) mass is 464 g/mol. The number of fused-ring (bicyclic) bond motifs is 1. The van der Waals surface area contributed by atoms with Gasteiger partial charge in [-0.25, -0.2) is 8.42 Å². The van der Waals surface area contributed by atoms with Gasteiger partial charge in [-0.1, -0.05) is 42.0 Å². The van der Waals surface area contributed by atoms with E-state index >= 15 is 0 Å². The van der Waals surface area contributed by atoms with Crippen LogP contribution in [0.4, 0.5) is 11.4 Å². The maximum Gasteiger partial charge on any atom is 0.265 e. The van der Waals surface area contributed by atoms with E-state index in [0.717, 1.165) is 32.5 Å². The maximum atomic E-state index is 12.7. The third-order valence-corrected chi connectivity index (χ3v) is 7.39. The molecule has 5 nitrogen and oxygen atoms in total. The molecular weight excluding hydrogens is 440 g/mol. The molecule has 0 saturated carbocycles. The Morgan fingerprint density at radius 2 is 1.69 bits per heavy atom. The standard InChI is InChI=1S/C25H24N2O3S2/c1-17-7-9-19(10-8-17)16-27(32(3,29)30)22-11-12-23-20(14-22)15-24(31-23)25(28)26-21-6-4-5-18(2)13-21/h4-15H,16H2,1-3H3,(H,26,28). The summed E-state index contributed by atoms with van der Waals surface area (Å²) < 4.78 is 27.4. The number of carbonyl (C=O) groups is 1. The number of nitrogens with one attached hydrogen (secondary N) is 1. The van der Waals surface area contributed by atoms with E-state index in [-0.39, 0.29) is 12.5 Å². The summed E-state index contributed by atoms with van der Waals surface area (Å²) in [7, 11) is -3.49. The van der Waals surface area contributed by atoms with Crippen LogP contribution < -0.4 is 9.62 Å². The van der Waals surface area contributed by atoms with Crippen molar-refractivity contribution in [3.63, 3.8) is 0 Å². The van der Waals surface area contributed by atoms with Crippen LogP contribution in [-0.4, -0.2) is 20.6 Å². The molecule has 0 aliphatic rings. The van der Waals surface area contributed by atoms with Crippen LogP contribution in [0.3, 0.4) is 0 Å². The third kappa shape index (κ3) is 5.00. The minimum Gasteiger partial charge on any atom is -0.321 e. The van der Waals surface area contributed by atoms with Crippen molar-refractivity contribution in [2.75, 3.05) is 15.9 Å². The van der Waals surface area contributed by atoms with E-state index in [4.69, 9.17) is 0 Å². The Morgan fingerprint density at radius 1 is 0.938 bits per heavy atom. The van der Waals surface area contributed by atoms with Crippen LogP contribution in [-0.2, 0) is 16.6 Å². The molecular formula is C25H24N2O3S2. The lowest BCUT2D eigenvalue weighted by Crippen LogP contribution is -2.29. The number of carbonyl (C=O) groups excluding carboxylic acids is 1. The Balaban J connectivity index is 1.63. The van der Waals surface area contributed by atoms with Gasteiger partial charge in [-0.2, -0.15) is 0 Å². The highest BCUT2D eigenvalue weighted by Gasteiger charge is 2.19. The smallest absolute Gasteiger partial charge is 0.265 e. The molecule has 4 aromatic rings. The zero-order valence-electron chi connectivity index (χ0n) is 18.1. The number of nitrogens with zero attached hydrogens (tertiary/aromatic N) is 1. The summed E-state index contributed by atoms with van der Waals surface area (Å²) in [6, 6.07) is 22.7. The first kappa shape index (κ1) is 22.0. The Morgan fingerprint density at radius 3 is 2.38 bits per heavy atom. The first-order valence-corrected chi connectivity index (χ1v) is 12.8. The molecule has 4 rings (SSSR count). The van der Waals surface area contributed by atoms with Gasteiger partial charge in [0.25, 0.3) is 5.91 Å². The Hall–Kier alpha value is -3.16. The predicted molar refractivity (Wildman–Crippen MR) is 133 cm³/mol. The van der Waals surface area contributed by atoms with Gasteiger partial charge in [-0.05, 0) is 66.8 Å². The zero-order valence-corrected chi connectivity index (χ0v) is 19.8. The van der Waals surface area contributed by atoms with Crippen LogP contribution in [0, 0.1) is 13.8 Å². The molecule has 7 heteroatoms.